The molecule has 8 nitrogen and oxygen atoms in total. The van der Waals surface area contributed by atoms with Gasteiger partial charge in [-0.05, 0) is 84.7 Å². The molecule has 0 spiro atoms. The highest BCUT2D eigenvalue weighted by Gasteiger charge is 2.20. The van der Waals surface area contributed by atoms with Gasteiger partial charge in [0, 0.05) is 23.5 Å². The number of hydrogen-bond acceptors (Lipinski definition) is 5. The van der Waals surface area contributed by atoms with Crippen LogP contribution in [-0.4, -0.2) is 50.3 Å². The molecule has 170 valence electrons. The number of fused-ring (bicyclic) bond motifs is 5. The van der Waals surface area contributed by atoms with Crippen LogP contribution >= 0.6 is 0 Å². The summed E-state index contributed by atoms with van der Waals surface area (Å²) in [5.74, 6) is -1.73. The number of aliphatic carboxylic acids is 2. The number of hydrogen-bond donors (Lipinski definition) is 3. The zero-order valence-corrected chi connectivity index (χ0v) is 18.2. The van der Waals surface area contributed by atoms with E-state index in [2.05, 4.69) is 15.0 Å². The van der Waals surface area contributed by atoms with Crippen molar-refractivity contribution in [3.05, 3.63) is 81.8 Å². The van der Waals surface area contributed by atoms with Crippen molar-refractivity contribution in [2.75, 3.05) is 0 Å². The number of carbonyl (C=O) groups is 2. The lowest BCUT2D eigenvalue weighted by Crippen LogP contribution is -2.17. The highest BCUT2D eigenvalue weighted by molar-refractivity contribution is 6.20. The smallest absolute Gasteiger partial charge is 0.303 e. The van der Waals surface area contributed by atoms with Gasteiger partial charge in [-0.25, -0.2) is 9.98 Å². The summed E-state index contributed by atoms with van der Waals surface area (Å²) < 4.78 is 0. The monoisotopic (exact) mass is 454 g/mol. The molecular formula is C26H22N4O4. The summed E-state index contributed by atoms with van der Waals surface area (Å²) in [5.41, 5.74) is 5.59. The average molecular weight is 454 g/mol. The second-order valence-electron chi connectivity index (χ2n) is 8.36. The van der Waals surface area contributed by atoms with Crippen LogP contribution < -0.4 is 10.7 Å². The molecule has 8 bridgehead atoms. The number of rotatable bonds is 6. The third kappa shape index (κ3) is 4.85. The van der Waals surface area contributed by atoms with E-state index in [-0.39, 0.29) is 18.9 Å². The Kier molecular flexibility index (Phi) is 5.63. The standard InChI is InChI=1S/C26H22N4O4/c31-25(32)7-1-15-9-21-12-19-5-3-17(27-19)11-18-4-6-20(28-18)13-22-10-16(2-8-26(33)34)24(30-22)14-23(15)29-21/h3-6,9-14,23,30H,1-2,7-8H2,(H,31,32)(H,33,34). The molecule has 0 amide bonds. The molecule has 5 heterocycles. The van der Waals surface area contributed by atoms with Gasteiger partial charge in [-0.3, -0.25) is 14.6 Å². The predicted molar refractivity (Wildman–Crippen MR) is 130 cm³/mol. The van der Waals surface area contributed by atoms with Crippen molar-refractivity contribution in [2.45, 2.75) is 31.7 Å². The molecule has 0 fully saturated rings. The van der Waals surface area contributed by atoms with Crippen LogP contribution in [0.4, 0.5) is 0 Å². The number of carboxylic acid groups (broad SMARTS) is 2. The first-order valence-corrected chi connectivity index (χ1v) is 11.0. The lowest BCUT2D eigenvalue weighted by molar-refractivity contribution is -0.138. The number of carboxylic acids is 2. The number of aromatic nitrogens is 1. The Balaban J connectivity index is 1.64. The first kappa shape index (κ1) is 21.5. The summed E-state index contributed by atoms with van der Waals surface area (Å²) in [4.78, 5) is 39.8. The Morgan fingerprint density at radius 2 is 1.47 bits per heavy atom. The maximum Gasteiger partial charge on any atom is 0.303 e. The maximum atomic E-state index is 11.2. The Hall–Kier alpha value is -4.33. The fourth-order valence-corrected chi connectivity index (χ4v) is 4.19. The lowest BCUT2D eigenvalue weighted by Gasteiger charge is -2.07. The number of allylic oxidation sites excluding steroid dienone is 7. The van der Waals surface area contributed by atoms with E-state index in [1.807, 2.05) is 60.8 Å². The van der Waals surface area contributed by atoms with Gasteiger partial charge in [-0.1, -0.05) is 0 Å². The summed E-state index contributed by atoms with van der Waals surface area (Å²) in [6.07, 6.45) is 18.0. The first-order chi connectivity index (χ1) is 16.4. The average Bonchev–Trinajstić information content (AvgIpc) is 3.55. The molecule has 1 unspecified atom stereocenters. The van der Waals surface area contributed by atoms with Gasteiger partial charge in [0.15, 0.2) is 0 Å². The Bertz CT molecular complexity index is 1460. The van der Waals surface area contributed by atoms with Gasteiger partial charge in [0.2, 0.25) is 0 Å². The van der Waals surface area contributed by atoms with Gasteiger partial charge in [-0.15, -0.1) is 0 Å². The van der Waals surface area contributed by atoms with Crippen molar-refractivity contribution in [1.82, 2.24) is 4.98 Å². The van der Waals surface area contributed by atoms with E-state index < -0.39 is 11.9 Å². The molecule has 3 N–H and O–H groups in total. The fourth-order valence-electron chi connectivity index (χ4n) is 4.19. The van der Waals surface area contributed by atoms with Crippen molar-refractivity contribution in [1.29, 1.82) is 0 Å². The van der Waals surface area contributed by atoms with Crippen molar-refractivity contribution in [3.63, 3.8) is 0 Å². The van der Waals surface area contributed by atoms with Crippen LogP contribution in [0.15, 0.2) is 80.5 Å². The second kappa shape index (κ2) is 8.90. The van der Waals surface area contributed by atoms with Crippen LogP contribution in [0.1, 0.15) is 24.8 Å². The summed E-state index contributed by atoms with van der Waals surface area (Å²) in [5, 5.41) is 20.0. The normalized spacial score (nSPS) is 19.9. The SMILES string of the molecule is O=C(O)CCC1=CC2=NC1C=c1[nH]c(cc1CCC(=O)O)=CC1=NC(=CC3=NC(=C2)C=C3)C=C1. The third-order valence-corrected chi connectivity index (χ3v) is 5.78. The highest BCUT2D eigenvalue weighted by atomic mass is 16.4. The van der Waals surface area contributed by atoms with Crippen molar-refractivity contribution < 1.29 is 19.8 Å². The molecule has 0 radical (unpaired) electrons. The highest BCUT2D eigenvalue weighted by Crippen LogP contribution is 2.23. The van der Waals surface area contributed by atoms with Gasteiger partial charge < -0.3 is 15.2 Å². The van der Waals surface area contributed by atoms with Crippen molar-refractivity contribution in [3.8, 4) is 0 Å². The molecule has 8 heteroatoms. The molecule has 4 aliphatic rings. The Labute approximate surface area is 194 Å². The van der Waals surface area contributed by atoms with E-state index in [9.17, 15) is 19.8 Å². The molecular weight excluding hydrogens is 432 g/mol. The Morgan fingerprint density at radius 3 is 2.18 bits per heavy atom. The predicted octanol–water partition coefficient (Wildman–Crippen LogP) is 2.01. The quantitative estimate of drug-likeness (QED) is 0.608. The minimum Gasteiger partial charge on any atom is -0.481 e. The summed E-state index contributed by atoms with van der Waals surface area (Å²) in [7, 11) is 0. The fraction of sp³-hybridized carbons (Fsp3) is 0.192. The zero-order valence-electron chi connectivity index (χ0n) is 18.2. The van der Waals surface area contributed by atoms with Crippen LogP contribution in [0, 0.1) is 0 Å². The van der Waals surface area contributed by atoms with Crippen LogP contribution in [-0.2, 0) is 16.0 Å². The molecule has 4 aliphatic heterocycles. The molecule has 0 saturated heterocycles. The van der Waals surface area contributed by atoms with E-state index >= 15 is 0 Å². The number of aryl methyl sites for hydroxylation is 1. The van der Waals surface area contributed by atoms with E-state index in [4.69, 9.17) is 4.99 Å². The van der Waals surface area contributed by atoms with Gasteiger partial charge in [0.1, 0.15) is 0 Å². The minimum atomic E-state index is -0.867. The molecule has 1 aromatic rings. The number of nitrogens with zero attached hydrogens (tertiary/aromatic N) is 3. The van der Waals surface area contributed by atoms with Crippen molar-refractivity contribution in [2.24, 2.45) is 15.0 Å². The third-order valence-electron chi connectivity index (χ3n) is 5.78. The van der Waals surface area contributed by atoms with Gasteiger partial charge in [0.25, 0.3) is 0 Å². The molecule has 1 atom stereocenters. The van der Waals surface area contributed by atoms with E-state index in [0.717, 1.165) is 50.4 Å². The summed E-state index contributed by atoms with van der Waals surface area (Å²) in [6, 6.07) is 1.58. The summed E-state index contributed by atoms with van der Waals surface area (Å²) in [6.45, 7) is 0. The minimum absolute atomic E-state index is 0.00527. The van der Waals surface area contributed by atoms with Crippen molar-refractivity contribution >= 4 is 41.2 Å². The molecule has 1 aromatic heterocycles. The van der Waals surface area contributed by atoms with Gasteiger partial charge in [0.05, 0.1) is 34.6 Å². The maximum absolute atomic E-state index is 11.2. The second-order valence-corrected chi connectivity index (χ2v) is 8.36. The van der Waals surface area contributed by atoms with Crippen LogP contribution in [0.3, 0.4) is 0 Å². The summed E-state index contributed by atoms with van der Waals surface area (Å²) >= 11 is 0. The van der Waals surface area contributed by atoms with Gasteiger partial charge >= 0.3 is 11.9 Å². The molecule has 0 aliphatic carbocycles. The van der Waals surface area contributed by atoms with E-state index in [1.54, 1.807) is 0 Å². The molecule has 5 rings (SSSR count). The molecule has 34 heavy (non-hydrogen) atoms. The zero-order chi connectivity index (χ0) is 23.7. The Morgan fingerprint density at radius 1 is 0.824 bits per heavy atom. The molecule has 0 aromatic carbocycles. The topological polar surface area (TPSA) is 127 Å². The largest absolute Gasteiger partial charge is 0.481 e. The molecule has 0 saturated carbocycles. The lowest BCUT2D eigenvalue weighted by atomic mass is 10.0. The number of H-pyrrole nitrogens is 1. The van der Waals surface area contributed by atoms with E-state index in [0.29, 0.717) is 12.8 Å². The number of aliphatic imine (C=N–C) groups is 3. The van der Waals surface area contributed by atoms with Crippen LogP contribution in [0.5, 0.6) is 0 Å². The van der Waals surface area contributed by atoms with Crippen LogP contribution in [0.2, 0.25) is 0 Å². The van der Waals surface area contributed by atoms with Crippen LogP contribution in [0.25, 0.3) is 12.2 Å². The number of aromatic amines is 1. The van der Waals surface area contributed by atoms with Gasteiger partial charge in [-0.2, -0.15) is 0 Å². The van der Waals surface area contributed by atoms with E-state index in [1.165, 1.54) is 0 Å². The number of nitrogens with one attached hydrogen (secondary N) is 1. The first-order valence-electron chi connectivity index (χ1n) is 11.0.